The molecule has 60 heavy (non-hydrogen) atoms. The first-order valence-electron chi connectivity index (χ1n) is 20.4. The number of aromatic nitrogens is 2. The van der Waals surface area contributed by atoms with Crippen LogP contribution in [0.2, 0.25) is 0 Å². The number of carboxylic acids is 1. The number of aliphatic hydroxyl groups is 1. The van der Waals surface area contributed by atoms with Gasteiger partial charge in [0.05, 0.1) is 6.61 Å². The molecular formula is C44H60FN4O10P. The fourth-order valence-electron chi connectivity index (χ4n) is 5.92. The minimum Gasteiger partial charge on any atom is -0.480 e. The van der Waals surface area contributed by atoms with Gasteiger partial charge in [0.1, 0.15) is 24.0 Å². The normalized spacial score (nSPS) is 21.2. The molecular weight excluding hydrogens is 794 g/mol. The Hall–Kier alpha value is -4.92. The fourth-order valence-corrected chi connectivity index (χ4v) is 7.47. The minimum atomic E-state index is -4.54. The topological polar surface area (TPSA) is 198 Å². The molecule has 0 bridgehead atoms. The molecule has 1 amide bonds. The van der Waals surface area contributed by atoms with Crippen LogP contribution in [-0.2, 0) is 23.4 Å². The van der Waals surface area contributed by atoms with Gasteiger partial charge < -0.3 is 24.8 Å². The second-order valence-corrected chi connectivity index (χ2v) is 15.9. The third-order valence-electron chi connectivity index (χ3n) is 9.19. The van der Waals surface area contributed by atoms with Crippen LogP contribution in [-0.4, -0.2) is 68.7 Å². The lowest BCUT2D eigenvalue weighted by molar-refractivity contribution is -0.139. The average Bonchev–Trinajstić information content (AvgIpc) is 3.44. The number of hydrogen-bond acceptors (Lipinski definition) is 9. The number of aromatic amines is 1. The van der Waals surface area contributed by atoms with Crippen molar-refractivity contribution < 1.29 is 42.5 Å². The third kappa shape index (κ3) is 18.1. The number of aliphatic hydroxyl groups excluding tert-OH is 1. The van der Waals surface area contributed by atoms with Gasteiger partial charge in [-0.1, -0.05) is 98.0 Å². The van der Waals surface area contributed by atoms with Crippen LogP contribution in [0.4, 0.5) is 4.39 Å². The van der Waals surface area contributed by atoms with E-state index in [2.05, 4.69) is 78.1 Å². The van der Waals surface area contributed by atoms with Gasteiger partial charge in [-0.3, -0.25) is 28.5 Å². The lowest BCUT2D eigenvalue weighted by Crippen LogP contribution is -2.44. The maximum Gasteiger partial charge on any atom is 0.459 e. The summed E-state index contributed by atoms with van der Waals surface area (Å²) in [5.41, 5.74) is -4.25. The van der Waals surface area contributed by atoms with Crippen molar-refractivity contribution in [3.63, 3.8) is 0 Å². The number of nitrogens with one attached hydrogen (secondary N) is 3. The number of amides is 1. The number of carbonyl (C=O) groups is 2. The Labute approximate surface area is 351 Å². The zero-order valence-electron chi connectivity index (χ0n) is 34.4. The SMILES string of the molecule is CC/C=C\C/C=C\C/C=C\C/C=C\C/C=C\C/C=C\CCC(=O)NCCCCC(NP(=O)(OC[C@H]1OC(n2ccc(=O)[nH]c2=O)[C@](C)(F)[C@@H]1O)Oc1ccccc1)C(=O)O. The van der Waals surface area contributed by atoms with Crippen molar-refractivity contribution in [2.75, 3.05) is 13.2 Å². The van der Waals surface area contributed by atoms with Crippen molar-refractivity contribution in [2.24, 2.45) is 0 Å². The molecule has 1 aliphatic heterocycles. The zero-order chi connectivity index (χ0) is 43.6. The number of allylic oxidation sites excluding steroid dienone is 12. The Morgan fingerprint density at radius 2 is 1.52 bits per heavy atom. The molecule has 328 valence electrons. The highest BCUT2D eigenvalue weighted by atomic mass is 31.2. The number of ether oxygens (including phenoxy) is 1. The second kappa shape index (κ2) is 27.0. The summed E-state index contributed by atoms with van der Waals surface area (Å²) in [4.78, 5) is 50.4. The third-order valence-corrected chi connectivity index (χ3v) is 10.8. The molecule has 6 atom stereocenters. The van der Waals surface area contributed by atoms with Gasteiger partial charge in [0, 0.05) is 25.2 Å². The Balaban J connectivity index is 1.39. The monoisotopic (exact) mass is 854 g/mol. The van der Waals surface area contributed by atoms with Crippen molar-refractivity contribution in [3.8, 4) is 5.75 Å². The van der Waals surface area contributed by atoms with Crippen LogP contribution < -0.4 is 26.2 Å². The molecule has 0 spiro atoms. The highest BCUT2D eigenvalue weighted by molar-refractivity contribution is 7.52. The van der Waals surface area contributed by atoms with E-state index in [4.69, 9.17) is 13.8 Å². The maximum atomic E-state index is 15.7. The lowest BCUT2D eigenvalue weighted by Gasteiger charge is -2.25. The molecule has 1 aromatic heterocycles. The number of carbonyl (C=O) groups excluding carboxylic acids is 1. The number of rotatable bonds is 28. The Morgan fingerprint density at radius 3 is 2.08 bits per heavy atom. The van der Waals surface area contributed by atoms with Crippen LogP contribution >= 0.6 is 7.75 Å². The number of alkyl halides is 1. The molecule has 1 fully saturated rings. The predicted molar refractivity (Wildman–Crippen MR) is 230 cm³/mol. The van der Waals surface area contributed by atoms with Gasteiger partial charge in [0.2, 0.25) is 5.91 Å². The van der Waals surface area contributed by atoms with Crippen LogP contribution in [0.5, 0.6) is 5.75 Å². The van der Waals surface area contributed by atoms with E-state index in [1.54, 1.807) is 18.2 Å². The molecule has 2 heterocycles. The molecule has 3 unspecified atom stereocenters. The summed E-state index contributed by atoms with van der Waals surface area (Å²) in [7, 11) is -4.54. The van der Waals surface area contributed by atoms with Crippen LogP contribution in [0.15, 0.2) is 125 Å². The van der Waals surface area contributed by atoms with Gasteiger partial charge in [-0.05, 0) is 83.3 Å². The first-order valence-corrected chi connectivity index (χ1v) is 21.9. The number of para-hydroxylation sites is 1. The van der Waals surface area contributed by atoms with Crippen molar-refractivity contribution in [3.05, 3.63) is 136 Å². The van der Waals surface area contributed by atoms with E-state index in [1.165, 1.54) is 12.1 Å². The van der Waals surface area contributed by atoms with Gasteiger partial charge in [0.25, 0.3) is 5.56 Å². The molecule has 0 aliphatic carbocycles. The van der Waals surface area contributed by atoms with Gasteiger partial charge >= 0.3 is 19.4 Å². The summed E-state index contributed by atoms with van der Waals surface area (Å²) < 4.78 is 47.3. The quantitative estimate of drug-likeness (QED) is 0.0322. The lowest BCUT2D eigenvalue weighted by atomic mass is 9.98. The van der Waals surface area contributed by atoms with Crippen LogP contribution in [0, 0.1) is 0 Å². The smallest absolute Gasteiger partial charge is 0.459 e. The first kappa shape index (κ1) is 49.4. The van der Waals surface area contributed by atoms with Crippen molar-refractivity contribution in [1.29, 1.82) is 0 Å². The van der Waals surface area contributed by atoms with Gasteiger partial charge in [-0.25, -0.2) is 13.8 Å². The number of H-pyrrole nitrogens is 1. The molecule has 1 aromatic carbocycles. The van der Waals surface area contributed by atoms with E-state index in [0.29, 0.717) is 32.2 Å². The van der Waals surface area contributed by atoms with E-state index >= 15 is 4.39 Å². The number of halogens is 1. The Bertz CT molecular complexity index is 1960. The molecule has 16 heteroatoms. The molecule has 0 saturated carbocycles. The van der Waals surface area contributed by atoms with Gasteiger partial charge in [-0.2, -0.15) is 5.09 Å². The van der Waals surface area contributed by atoms with E-state index in [9.17, 15) is 34.0 Å². The molecule has 1 saturated heterocycles. The van der Waals surface area contributed by atoms with Crippen LogP contribution in [0.25, 0.3) is 0 Å². The fraction of sp³-hybridized carbons (Fsp3) is 0.455. The number of hydrogen-bond donors (Lipinski definition) is 5. The van der Waals surface area contributed by atoms with Gasteiger partial charge in [-0.15, -0.1) is 0 Å². The summed E-state index contributed by atoms with van der Waals surface area (Å²) in [6.07, 6.45) is 28.6. The highest BCUT2D eigenvalue weighted by Gasteiger charge is 2.56. The first-order chi connectivity index (χ1) is 28.9. The Kier molecular flexibility index (Phi) is 22.3. The number of aliphatic carboxylic acids is 1. The standard InChI is InChI=1S/C44H60FN4O10P/c1-3-4-5-6-7-8-9-10-11-12-13-14-15-16-17-18-19-20-24-30-38(50)46-32-26-25-29-36(41(53)54)48-60(56,59-35-27-22-21-23-28-35)57-34-37-40(52)44(2,45)42(58-37)49-33-31-39(51)47-43(49)55/h4-5,7-8,10-11,13-14,16-17,19-23,27-28,31,33,36-37,40,42,52H,3,6,9,12,15,18,24-26,29-30,32,34H2,1-2H3,(H,46,50)(H,48,56)(H,53,54)(H,47,51,55)/b5-4-,8-7-,11-10-,14-13-,17-16-,20-19-/t36?,37-,40-,42?,44-,60?/m1/s1. The molecule has 2 aromatic rings. The Morgan fingerprint density at radius 1 is 0.933 bits per heavy atom. The number of unbranched alkanes of at least 4 members (excludes halogenated alkanes) is 1. The highest BCUT2D eigenvalue weighted by Crippen LogP contribution is 2.47. The summed E-state index contributed by atoms with van der Waals surface area (Å²) >= 11 is 0. The van der Waals surface area contributed by atoms with E-state index < -0.39 is 61.7 Å². The molecule has 5 N–H and O–H groups in total. The van der Waals surface area contributed by atoms with Crippen molar-refractivity contribution in [1.82, 2.24) is 20.0 Å². The summed E-state index contributed by atoms with van der Waals surface area (Å²) in [5.74, 6) is -1.41. The van der Waals surface area contributed by atoms with Crippen LogP contribution in [0.3, 0.4) is 0 Å². The predicted octanol–water partition coefficient (Wildman–Crippen LogP) is 7.53. The maximum absolute atomic E-state index is 15.7. The molecule has 0 radical (unpaired) electrons. The van der Waals surface area contributed by atoms with E-state index in [1.807, 2.05) is 17.1 Å². The zero-order valence-corrected chi connectivity index (χ0v) is 35.3. The molecule has 14 nitrogen and oxygen atoms in total. The minimum absolute atomic E-state index is 0.0163. The summed E-state index contributed by atoms with van der Waals surface area (Å²) in [6, 6.07) is 7.37. The van der Waals surface area contributed by atoms with Crippen LogP contribution in [0.1, 0.15) is 90.7 Å². The average molecular weight is 855 g/mol. The number of benzene rings is 1. The van der Waals surface area contributed by atoms with Crippen molar-refractivity contribution in [2.45, 2.75) is 115 Å². The molecule has 3 rings (SSSR count). The van der Waals surface area contributed by atoms with Gasteiger partial charge in [0.15, 0.2) is 11.9 Å². The summed E-state index contributed by atoms with van der Waals surface area (Å²) in [6.45, 7) is 2.70. The molecule has 1 aliphatic rings. The number of nitrogens with zero attached hydrogens (tertiary/aromatic N) is 1. The van der Waals surface area contributed by atoms with E-state index in [-0.39, 0.29) is 18.1 Å². The van der Waals surface area contributed by atoms with E-state index in [0.717, 1.165) is 62.3 Å². The summed E-state index contributed by atoms with van der Waals surface area (Å²) in [5, 5.41) is 26.0. The van der Waals surface area contributed by atoms with Crippen molar-refractivity contribution >= 4 is 19.6 Å². The second-order valence-electron chi connectivity index (χ2n) is 14.2. The number of carboxylic acid groups (broad SMARTS) is 1. The largest absolute Gasteiger partial charge is 0.480 e.